The number of rotatable bonds is 1. The molecule has 1 aliphatic heterocycles. The molecule has 0 amide bonds. The highest BCUT2D eigenvalue weighted by atomic mass is 16.5. The number of benzene rings is 8. The lowest BCUT2D eigenvalue weighted by Gasteiger charge is -2.40. The van der Waals surface area contributed by atoms with Gasteiger partial charge in [0.2, 0.25) is 0 Å². The smallest absolute Gasteiger partial charge is 0.132 e. The zero-order chi connectivity index (χ0) is 32.5. The molecule has 230 valence electrons. The van der Waals surface area contributed by atoms with Crippen molar-refractivity contribution in [2.75, 3.05) is 0 Å². The van der Waals surface area contributed by atoms with Crippen LogP contribution in [0.2, 0.25) is 0 Å². The first-order chi connectivity index (χ1) is 24.0. The molecule has 8 aromatic rings. The van der Waals surface area contributed by atoms with Gasteiger partial charge in [-0.3, -0.25) is 0 Å². The molecular weight excluding hydrogens is 593 g/mol. The highest BCUT2D eigenvalue weighted by Gasteiger charge is 2.52. The van der Waals surface area contributed by atoms with Crippen molar-refractivity contribution < 1.29 is 4.74 Å². The number of ether oxygens (including phenoxy) is 1. The summed E-state index contributed by atoms with van der Waals surface area (Å²) in [5.74, 6) is 1.84. The number of hydrogen-bond acceptors (Lipinski definition) is 1. The summed E-state index contributed by atoms with van der Waals surface area (Å²) >= 11 is 0. The maximum atomic E-state index is 6.88. The molecule has 3 aliphatic rings. The monoisotopic (exact) mass is 624 g/mol. The van der Waals surface area contributed by atoms with Crippen molar-refractivity contribution in [3.63, 3.8) is 0 Å². The van der Waals surface area contributed by atoms with E-state index in [1.54, 1.807) is 0 Å². The maximum Gasteiger partial charge on any atom is 0.132 e. The Bertz CT molecular complexity index is 2680. The molecule has 1 heterocycles. The molecule has 11 rings (SSSR count). The summed E-state index contributed by atoms with van der Waals surface area (Å²) in [6, 6.07) is 58.5. The van der Waals surface area contributed by atoms with Gasteiger partial charge in [0.1, 0.15) is 11.5 Å². The van der Waals surface area contributed by atoms with E-state index in [1.807, 2.05) is 0 Å². The number of fused-ring (bicyclic) bond motifs is 16. The van der Waals surface area contributed by atoms with E-state index < -0.39 is 5.41 Å². The predicted octanol–water partition coefficient (Wildman–Crippen LogP) is 12.4. The molecule has 1 heteroatoms. The molecule has 0 atom stereocenters. The predicted molar refractivity (Wildman–Crippen MR) is 202 cm³/mol. The van der Waals surface area contributed by atoms with Crippen LogP contribution in [0, 0.1) is 0 Å². The van der Waals surface area contributed by atoms with Gasteiger partial charge in [-0.25, -0.2) is 0 Å². The molecule has 0 unspecified atom stereocenters. The Hall–Kier alpha value is -5.92. The summed E-state index contributed by atoms with van der Waals surface area (Å²) < 4.78 is 6.88. The zero-order valence-electron chi connectivity index (χ0n) is 27.4. The van der Waals surface area contributed by atoms with E-state index in [9.17, 15) is 0 Å². The second kappa shape index (κ2) is 9.36. The van der Waals surface area contributed by atoms with Gasteiger partial charge in [0.05, 0.1) is 5.41 Å². The molecule has 0 aromatic heterocycles. The van der Waals surface area contributed by atoms with E-state index in [4.69, 9.17) is 4.74 Å². The van der Waals surface area contributed by atoms with E-state index in [-0.39, 0.29) is 5.41 Å². The van der Waals surface area contributed by atoms with E-state index in [2.05, 4.69) is 172 Å². The average Bonchev–Trinajstić information content (AvgIpc) is 3.57. The summed E-state index contributed by atoms with van der Waals surface area (Å²) in [6.07, 6.45) is 0. The normalized spacial score (nSPS) is 15.2. The van der Waals surface area contributed by atoms with Crippen LogP contribution < -0.4 is 4.74 Å². The van der Waals surface area contributed by atoms with Crippen LogP contribution in [0.5, 0.6) is 11.5 Å². The fourth-order valence-corrected chi connectivity index (χ4v) is 9.55. The lowest BCUT2D eigenvalue weighted by Crippen LogP contribution is -2.32. The summed E-state index contributed by atoms with van der Waals surface area (Å²) in [6.45, 7) is 4.75. The van der Waals surface area contributed by atoms with Crippen molar-refractivity contribution in [3.05, 3.63) is 191 Å². The second-order valence-corrected chi connectivity index (χ2v) is 14.4. The van der Waals surface area contributed by atoms with E-state index in [0.717, 1.165) is 11.5 Å². The third-order valence-corrected chi connectivity index (χ3v) is 11.7. The van der Waals surface area contributed by atoms with Gasteiger partial charge in [-0.2, -0.15) is 0 Å². The topological polar surface area (TPSA) is 9.23 Å². The average molecular weight is 625 g/mol. The lowest BCUT2D eigenvalue weighted by molar-refractivity contribution is 0.438. The second-order valence-electron chi connectivity index (χ2n) is 14.4. The van der Waals surface area contributed by atoms with E-state index >= 15 is 0 Å². The van der Waals surface area contributed by atoms with Crippen molar-refractivity contribution in [2.45, 2.75) is 24.7 Å². The van der Waals surface area contributed by atoms with E-state index in [1.165, 1.54) is 88.3 Å². The Morgan fingerprint density at radius 3 is 1.73 bits per heavy atom. The first-order valence-corrected chi connectivity index (χ1v) is 17.3. The summed E-state index contributed by atoms with van der Waals surface area (Å²) in [5.41, 5.74) is 14.9. The highest BCUT2D eigenvalue weighted by Crippen LogP contribution is 2.63. The van der Waals surface area contributed by atoms with Gasteiger partial charge in [-0.15, -0.1) is 0 Å². The van der Waals surface area contributed by atoms with Gasteiger partial charge in [-0.1, -0.05) is 147 Å². The Morgan fingerprint density at radius 2 is 0.980 bits per heavy atom. The van der Waals surface area contributed by atoms with Crippen LogP contribution >= 0.6 is 0 Å². The molecule has 1 nitrogen and oxygen atoms in total. The number of hydrogen-bond donors (Lipinski definition) is 0. The van der Waals surface area contributed by atoms with E-state index in [0.29, 0.717) is 0 Å². The summed E-state index contributed by atoms with van der Waals surface area (Å²) in [5, 5.41) is 5.07. The van der Waals surface area contributed by atoms with Gasteiger partial charge < -0.3 is 4.74 Å². The maximum absolute atomic E-state index is 6.88. The van der Waals surface area contributed by atoms with Crippen molar-refractivity contribution in [3.8, 4) is 44.9 Å². The minimum absolute atomic E-state index is 0.107. The highest BCUT2D eigenvalue weighted by molar-refractivity contribution is 6.03. The zero-order valence-corrected chi connectivity index (χ0v) is 27.4. The quantitative estimate of drug-likeness (QED) is 0.177. The minimum atomic E-state index is -0.530. The van der Waals surface area contributed by atoms with Crippen LogP contribution in [0.25, 0.3) is 54.9 Å². The van der Waals surface area contributed by atoms with Crippen molar-refractivity contribution in [1.82, 2.24) is 0 Å². The van der Waals surface area contributed by atoms with Crippen molar-refractivity contribution in [1.29, 1.82) is 0 Å². The molecule has 0 bridgehead atoms. The van der Waals surface area contributed by atoms with Gasteiger partial charge in [0.25, 0.3) is 0 Å². The van der Waals surface area contributed by atoms with Gasteiger partial charge >= 0.3 is 0 Å². The third-order valence-electron chi connectivity index (χ3n) is 11.7. The van der Waals surface area contributed by atoms with Crippen LogP contribution in [0.3, 0.4) is 0 Å². The van der Waals surface area contributed by atoms with Crippen molar-refractivity contribution in [2.24, 2.45) is 0 Å². The Morgan fingerprint density at radius 1 is 0.408 bits per heavy atom. The SMILES string of the molecule is CC1(C)c2cc(-c3ccc4c(c3)C3(c5ccccc5-c5ccccc53)c3c(ccc5ccccc35)O4)ccc2-c2c1ccc1ccccc21. The molecule has 1 spiro atoms. The molecule has 0 saturated heterocycles. The Balaban J connectivity index is 1.19. The minimum Gasteiger partial charge on any atom is -0.457 e. The molecule has 0 N–H and O–H groups in total. The summed E-state index contributed by atoms with van der Waals surface area (Å²) in [7, 11) is 0. The van der Waals surface area contributed by atoms with Crippen LogP contribution in [-0.4, -0.2) is 0 Å². The molecule has 0 saturated carbocycles. The third kappa shape index (κ3) is 3.35. The van der Waals surface area contributed by atoms with Gasteiger partial charge in [-0.05, 0) is 101 Å². The molecular formula is C48H32O. The molecule has 0 radical (unpaired) electrons. The van der Waals surface area contributed by atoms with Crippen molar-refractivity contribution >= 4 is 21.5 Å². The Kier molecular flexibility index (Phi) is 5.17. The largest absolute Gasteiger partial charge is 0.457 e. The Labute approximate surface area is 286 Å². The summed E-state index contributed by atoms with van der Waals surface area (Å²) in [4.78, 5) is 0. The van der Waals surface area contributed by atoms with Gasteiger partial charge in [0, 0.05) is 16.5 Å². The lowest BCUT2D eigenvalue weighted by atomic mass is 9.64. The first-order valence-electron chi connectivity index (χ1n) is 17.3. The molecule has 8 aromatic carbocycles. The standard InChI is InChI=1S/C48H32O/c1-47(2)40-24-20-29-11-3-5-13-33(29)45(40)37-23-19-31(27-41(37)47)32-22-25-43-42(28-32)48(46-34-14-6-4-12-30(34)21-26-44(46)49-43)38-17-9-7-15-35(38)36-16-8-10-18-39(36)48/h3-28H,1-2H3. The van der Waals surface area contributed by atoms with Gasteiger partial charge in [0.15, 0.2) is 0 Å². The molecule has 49 heavy (non-hydrogen) atoms. The first kappa shape index (κ1) is 27.1. The fraction of sp³-hybridized carbons (Fsp3) is 0.0833. The van der Waals surface area contributed by atoms with Crippen LogP contribution in [0.15, 0.2) is 158 Å². The van der Waals surface area contributed by atoms with Crippen LogP contribution in [0.1, 0.15) is 47.2 Å². The van der Waals surface area contributed by atoms with Crippen LogP contribution in [0.4, 0.5) is 0 Å². The molecule has 0 fully saturated rings. The molecule has 2 aliphatic carbocycles. The van der Waals surface area contributed by atoms with Crippen LogP contribution in [-0.2, 0) is 10.8 Å². The fourth-order valence-electron chi connectivity index (χ4n) is 9.55.